The Kier molecular flexibility index (Phi) is 3.89. The molecule has 0 saturated carbocycles. The van der Waals surface area contributed by atoms with Crippen LogP contribution >= 0.6 is 0 Å². The van der Waals surface area contributed by atoms with Crippen LogP contribution in [-0.4, -0.2) is 22.4 Å². The summed E-state index contributed by atoms with van der Waals surface area (Å²) in [5.41, 5.74) is 8.43. The Balaban J connectivity index is 1.82. The van der Waals surface area contributed by atoms with E-state index in [1.165, 1.54) is 7.11 Å². The highest BCUT2D eigenvalue weighted by Gasteiger charge is 2.12. The fraction of sp³-hybridized carbons (Fsp3) is 0.176. The molecule has 0 atom stereocenters. The molecular formula is C17H17N3O3. The number of carbonyl (C=O) groups is 1. The molecule has 1 aromatic carbocycles. The fourth-order valence-corrected chi connectivity index (χ4v) is 2.33. The highest BCUT2D eigenvalue weighted by Crippen LogP contribution is 2.24. The molecule has 0 spiro atoms. The van der Waals surface area contributed by atoms with E-state index in [1.807, 2.05) is 35.9 Å². The summed E-state index contributed by atoms with van der Waals surface area (Å²) < 4.78 is 12.7. The van der Waals surface area contributed by atoms with Gasteiger partial charge in [0.15, 0.2) is 0 Å². The number of aryl methyl sites for hydroxylation is 1. The van der Waals surface area contributed by atoms with E-state index >= 15 is 0 Å². The van der Waals surface area contributed by atoms with Crippen molar-refractivity contribution in [3.63, 3.8) is 0 Å². The molecule has 0 aliphatic rings. The molecule has 2 N–H and O–H groups in total. The number of imidazole rings is 1. The number of hydrogen-bond donors (Lipinski definition) is 1. The minimum absolute atomic E-state index is 0.243. The standard InChI is InChI=1S/C17H17N3O3/c1-11-3-6-16-19-12(9-20(16)8-11)10-23-15-5-4-13(22-2)7-14(15)17(18)21/h3-9H,10H2,1-2H3,(H2,18,21). The lowest BCUT2D eigenvalue weighted by atomic mass is 10.2. The molecule has 0 radical (unpaired) electrons. The Morgan fingerprint density at radius 1 is 1.26 bits per heavy atom. The lowest BCUT2D eigenvalue weighted by molar-refractivity contribution is 0.0995. The van der Waals surface area contributed by atoms with Crippen LogP contribution in [0, 0.1) is 6.92 Å². The van der Waals surface area contributed by atoms with E-state index in [0.29, 0.717) is 11.5 Å². The molecule has 23 heavy (non-hydrogen) atoms. The zero-order valence-electron chi connectivity index (χ0n) is 12.9. The van der Waals surface area contributed by atoms with Crippen molar-refractivity contribution < 1.29 is 14.3 Å². The Labute approximate surface area is 133 Å². The first-order chi connectivity index (χ1) is 11.1. The minimum atomic E-state index is -0.565. The van der Waals surface area contributed by atoms with Crippen LogP contribution in [0.15, 0.2) is 42.7 Å². The zero-order chi connectivity index (χ0) is 16.4. The van der Waals surface area contributed by atoms with Gasteiger partial charge in [0.05, 0.1) is 18.4 Å². The predicted molar refractivity (Wildman–Crippen MR) is 85.8 cm³/mol. The van der Waals surface area contributed by atoms with Crippen molar-refractivity contribution in [1.29, 1.82) is 0 Å². The summed E-state index contributed by atoms with van der Waals surface area (Å²) in [7, 11) is 1.53. The topological polar surface area (TPSA) is 78.8 Å². The molecule has 0 bridgehead atoms. The first-order valence-electron chi connectivity index (χ1n) is 7.11. The molecule has 6 nitrogen and oxygen atoms in total. The van der Waals surface area contributed by atoms with Crippen LogP contribution in [0.25, 0.3) is 5.65 Å². The molecule has 6 heteroatoms. The highest BCUT2D eigenvalue weighted by atomic mass is 16.5. The number of fused-ring (bicyclic) bond motifs is 1. The molecule has 0 aliphatic heterocycles. The van der Waals surface area contributed by atoms with Crippen LogP contribution in [-0.2, 0) is 6.61 Å². The second kappa shape index (κ2) is 6.00. The molecule has 1 amide bonds. The van der Waals surface area contributed by atoms with Gasteiger partial charge in [-0.1, -0.05) is 6.07 Å². The van der Waals surface area contributed by atoms with Crippen molar-refractivity contribution in [3.8, 4) is 11.5 Å². The van der Waals surface area contributed by atoms with Crippen molar-refractivity contribution in [1.82, 2.24) is 9.38 Å². The van der Waals surface area contributed by atoms with Crippen LogP contribution in [0.4, 0.5) is 0 Å². The number of pyridine rings is 1. The molecule has 0 aliphatic carbocycles. The average Bonchev–Trinajstić information content (AvgIpc) is 2.94. The van der Waals surface area contributed by atoms with Crippen LogP contribution in [0.3, 0.4) is 0 Å². The molecule has 0 unspecified atom stereocenters. The van der Waals surface area contributed by atoms with Crippen molar-refractivity contribution >= 4 is 11.6 Å². The third-order valence-electron chi connectivity index (χ3n) is 3.48. The summed E-state index contributed by atoms with van der Waals surface area (Å²) in [6, 6.07) is 8.89. The Hall–Kier alpha value is -3.02. The van der Waals surface area contributed by atoms with Gasteiger partial charge in [0.1, 0.15) is 23.8 Å². The highest BCUT2D eigenvalue weighted by molar-refractivity contribution is 5.96. The van der Waals surface area contributed by atoms with Gasteiger partial charge in [0.2, 0.25) is 0 Å². The number of hydrogen-bond acceptors (Lipinski definition) is 4. The number of primary amides is 1. The Morgan fingerprint density at radius 3 is 2.83 bits per heavy atom. The molecule has 3 aromatic rings. The van der Waals surface area contributed by atoms with Gasteiger partial charge < -0.3 is 19.6 Å². The fourth-order valence-electron chi connectivity index (χ4n) is 2.33. The molecule has 2 heterocycles. The molecule has 0 fully saturated rings. The van der Waals surface area contributed by atoms with Crippen LogP contribution in [0.1, 0.15) is 21.6 Å². The maximum Gasteiger partial charge on any atom is 0.252 e. The van der Waals surface area contributed by atoms with E-state index in [0.717, 1.165) is 16.9 Å². The van der Waals surface area contributed by atoms with Gasteiger partial charge in [0, 0.05) is 12.4 Å². The van der Waals surface area contributed by atoms with Gasteiger partial charge >= 0.3 is 0 Å². The van der Waals surface area contributed by atoms with Crippen LogP contribution in [0.2, 0.25) is 0 Å². The summed E-state index contributed by atoms with van der Waals surface area (Å²) in [4.78, 5) is 16.0. The van der Waals surface area contributed by atoms with Gasteiger partial charge in [-0.3, -0.25) is 4.79 Å². The Morgan fingerprint density at radius 2 is 2.09 bits per heavy atom. The summed E-state index contributed by atoms with van der Waals surface area (Å²) >= 11 is 0. The number of carbonyl (C=O) groups excluding carboxylic acids is 1. The third kappa shape index (κ3) is 3.11. The van der Waals surface area contributed by atoms with Gasteiger partial charge in [0.25, 0.3) is 5.91 Å². The maximum atomic E-state index is 11.5. The third-order valence-corrected chi connectivity index (χ3v) is 3.48. The first kappa shape index (κ1) is 14.9. The summed E-state index contributed by atoms with van der Waals surface area (Å²) in [5, 5.41) is 0. The number of ether oxygens (including phenoxy) is 2. The van der Waals surface area contributed by atoms with Gasteiger partial charge in [-0.2, -0.15) is 0 Å². The number of amides is 1. The van der Waals surface area contributed by atoms with Gasteiger partial charge in [-0.15, -0.1) is 0 Å². The second-order valence-electron chi connectivity index (χ2n) is 5.22. The average molecular weight is 311 g/mol. The first-order valence-corrected chi connectivity index (χ1v) is 7.11. The van der Waals surface area contributed by atoms with Crippen molar-refractivity contribution in [2.75, 3.05) is 7.11 Å². The molecule has 2 aromatic heterocycles. The number of rotatable bonds is 5. The SMILES string of the molecule is COc1ccc(OCc2cn3cc(C)ccc3n2)c(C(N)=O)c1. The lowest BCUT2D eigenvalue weighted by Crippen LogP contribution is -2.13. The number of aromatic nitrogens is 2. The van der Waals surface area contributed by atoms with Crippen LogP contribution < -0.4 is 15.2 Å². The van der Waals surface area contributed by atoms with E-state index in [1.54, 1.807) is 18.2 Å². The van der Waals surface area contributed by atoms with E-state index < -0.39 is 5.91 Å². The van der Waals surface area contributed by atoms with Crippen molar-refractivity contribution in [2.24, 2.45) is 5.73 Å². The number of benzene rings is 1. The van der Waals surface area contributed by atoms with E-state index in [4.69, 9.17) is 15.2 Å². The summed E-state index contributed by atoms with van der Waals surface area (Å²) in [6.45, 7) is 2.26. The quantitative estimate of drug-likeness (QED) is 0.784. The molecule has 0 saturated heterocycles. The van der Waals surface area contributed by atoms with E-state index in [9.17, 15) is 4.79 Å². The summed E-state index contributed by atoms with van der Waals surface area (Å²) in [6.07, 6.45) is 3.89. The number of methoxy groups -OCH3 is 1. The van der Waals surface area contributed by atoms with Crippen molar-refractivity contribution in [2.45, 2.75) is 13.5 Å². The lowest BCUT2D eigenvalue weighted by Gasteiger charge is -2.09. The second-order valence-corrected chi connectivity index (χ2v) is 5.22. The van der Waals surface area contributed by atoms with E-state index in [2.05, 4.69) is 4.98 Å². The normalized spacial score (nSPS) is 10.7. The largest absolute Gasteiger partial charge is 0.497 e. The smallest absolute Gasteiger partial charge is 0.252 e. The maximum absolute atomic E-state index is 11.5. The monoisotopic (exact) mass is 311 g/mol. The van der Waals surface area contributed by atoms with Crippen molar-refractivity contribution in [3.05, 3.63) is 59.5 Å². The number of nitrogens with zero attached hydrogens (tertiary/aromatic N) is 2. The molecule has 3 rings (SSSR count). The minimum Gasteiger partial charge on any atom is -0.497 e. The van der Waals surface area contributed by atoms with Gasteiger partial charge in [-0.25, -0.2) is 4.98 Å². The molecule has 118 valence electrons. The number of nitrogens with two attached hydrogens (primary N) is 1. The molecular weight excluding hydrogens is 294 g/mol. The van der Waals surface area contributed by atoms with Gasteiger partial charge in [-0.05, 0) is 36.8 Å². The van der Waals surface area contributed by atoms with E-state index in [-0.39, 0.29) is 12.2 Å². The summed E-state index contributed by atoms with van der Waals surface area (Å²) in [5.74, 6) is 0.394. The predicted octanol–water partition coefficient (Wildman–Crippen LogP) is 2.33. The Bertz CT molecular complexity index is 871. The zero-order valence-corrected chi connectivity index (χ0v) is 12.9. The van der Waals surface area contributed by atoms with Crippen LogP contribution in [0.5, 0.6) is 11.5 Å².